The minimum atomic E-state index is 0.172. The molecule has 0 nitrogen and oxygen atoms in total. The van der Waals surface area contributed by atoms with Gasteiger partial charge in [0.15, 0.2) is 0 Å². The molecule has 0 aliphatic carbocycles. The van der Waals surface area contributed by atoms with Crippen molar-refractivity contribution in [3.63, 3.8) is 0 Å². The first-order valence-corrected chi connectivity index (χ1v) is 8.84. The van der Waals surface area contributed by atoms with Crippen molar-refractivity contribution in [3.05, 3.63) is 70.8 Å². The highest BCUT2D eigenvalue weighted by molar-refractivity contribution is 5.42. The summed E-state index contributed by atoms with van der Waals surface area (Å²) in [5, 5.41) is 0. The highest BCUT2D eigenvalue weighted by Crippen LogP contribution is 2.35. The van der Waals surface area contributed by atoms with E-state index in [1.54, 1.807) is 0 Å². The summed E-state index contributed by atoms with van der Waals surface area (Å²) in [7, 11) is 0. The predicted octanol–water partition coefficient (Wildman–Crippen LogP) is 6.82. The molecule has 0 spiro atoms. The lowest BCUT2D eigenvalue weighted by atomic mass is 9.77. The molecular formula is C23H32. The third kappa shape index (κ3) is 4.25. The number of rotatable bonds is 3. The zero-order valence-electron chi connectivity index (χ0n) is 15.9. The van der Waals surface area contributed by atoms with Crippen molar-refractivity contribution in [1.29, 1.82) is 0 Å². The number of hydrogen-bond donors (Lipinski definition) is 0. The van der Waals surface area contributed by atoms with E-state index in [9.17, 15) is 0 Å². The van der Waals surface area contributed by atoms with E-state index >= 15 is 0 Å². The summed E-state index contributed by atoms with van der Waals surface area (Å²) < 4.78 is 0. The van der Waals surface area contributed by atoms with Crippen LogP contribution in [-0.2, 0) is 10.8 Å². The Morgan fingerprint density at radius 2 is 1.17 bits per heavy atom. The average Bonchev–Trinajstić information content (AvgIpc) is 2.47. The summed E-state index contributed by atoms with van der Waals surface area (Å²) in [5.74, 6) is 0.472. The molecule has 124 valence electrons. The van der Waals surface area contributed by atoms with E-state index < -0.39 is 0 Å². The van der Waals surface area contributed by atoms with Crippen molar-refractivity contribution in [3.8, 4) is 0 Å². The van der Waals surface area contributed by atoms with Crippen LogP contribution >= 0.6 is 0 Å². The van der Waals surface area contributed by atoms with Crippen molar-refractivity contribution in [2.24, 2.45) is 0 Å². The second-order valence-electron chi connectivity index (χ2n) is 8.72. The Morgan fingerprint density at radius 3 is 1.57 bits per heavy atom. The number of hydrogen-bond acceptors (Lipinski definition) is 0. The first-order valence-electron chi connectivity index (χ1n) is 8.84. The van der Waals surface area contributed by atoms with E-state index in [2.05, 4.69) is 97.0 Å². The molecule has 2 aromatic carbocycles. The molecule has 1 unspecified atom stereocenters. The van der Waals surface area contributed by atoms with E-state index in [1.165, 1.54) is 22.3 Å². The Kier molecular flexibility index (Phi) is 5.04. The monoisotopic (exact) mass is 308 g/mol. The van der Waals surface area contributed by atoms with E-state index in [4.69, 9.17) is 0 Å². The minimum Gasteiger partial charge on any atom is -0.0645 e. The van der Waals surface area contributed by atoms with Gasteiger partial charge in [-0.15, -0.1) is 0 Å². The Labute approximate surface area is 143 Å². The molecule has 0 aliphatic rings. The van der Waals surface area contributed by atoms with E-state index in [-0.39, 0.29) is 10.8 Å². The second-order valence-corrected chi connectivity index (χ2v) is 8.72. The Bertz CT molecular complexity index is 604. The number of benzene rings is 2. The normalized spacial score (nSPS) is 13.9. The molecule has 23 heavy (non-hydrogen) atoms. The quantitative estimate of drug-likeness (QED) is 0.583. The summed E-state index contributed by atoms with van der Waals surface area (Å²) in [6.07, 6.45) is 1.13. The van der Waals surface area contributed by atoms with E-state index in [0.29, 0.717) is 5.92 Å². The fourth-order valence-corrected chi connectivity index (χ4v) is 3.07. The van der Waals surface area contributed by atoms with Crippen LogP contribution in [0.1, 0.15) is 83.1 Å². The zero-order chi connectivity index (χ0) is 17.3. The molecule has 0 amide bonds. The molecule has 0 saturated carbocycles. The van der Waals surface area contributed by atoms with Crippen LogP contribution in [0.3, 0.4) is 0 Å². The smallest absolute Gasteiger partial charge is 0.00869 e. The van der Waals surface area contributed by atoms with Crippen LogP contribution in [0.2, 0.25) is 0 Å². The lowest BCUT2D eigenvalue weighted by molar-refractivity contribution is 0.565. The van der Waals surface area contributed by atoms with Crippen molar-refractivity contribution in [2.45, 2.75) is 71.6 Å². The van der Waals surface area contributed by atoms with Crippen LogP contribution < -0.4 is 0 Å². The van der Waals surface area contributed by atoms with Crippen LogP contribution in [0.5, 0.6) is 0 Å². The van der Waals surface area contributed by atoms with Crippen molar-refractivity contribution in [1.82, 2.24) is 0 Å². The molecule has 0 bridgehead atoms. The maximum atomic E-state index is 2.43. The van der Waals surface area contributed by atoms with Crippen LogP contribution in [0.15, 0.2) is 48.5 Å². The van der Waals surface area contributed by atoms with Crippen molar-refractivity contribution < 1.29 is 0 Å². The average molecular weight is 309 g/mol. The van der Waals surface area contributed by atoms with Gasteiger partial charge in [-0.05, 0) is 39.5 Å². The Morgan fingerprint density at radius 1 is 0.696 bits per heavy atom. The third-order valence-corrected chi connectivity index (χ3v) is 4.70. The standard InChI is InChI=1S/C23H32/c1-8-21(17-12-10-9-11-13-17)18-14-19(22(2,3)4)16-20(15-18)23(5,6)7/h9-16,21H,8H2,1-7H3. The SMILES string of the molecule is CCC(c1ccccc1)c1cc(C(C)(C)C)cc(C(C)(C)C)c1. The molecule has 0 N–H and O–H groups in total. The van der Waals surface area contributed by atoms with Gasteiger partial charge in [-0.2, -0.15) is 0 Å². The maximum absolute atomic E-state index is 2.43. The Balaban J connectivity index is 2.61. The largest absolute Gasteiger partial charge is 0.0645 e. The molecule has 0 aromatic heterocycles. The summed E-state index contributed by atoms with van der Waals surface area (Å²) in [5.41, 5.74) is 6.09. The van der Waals surface area contributed by atoms with Crippen LogP contribution in [-0.4, -0.2) is 0 Å². The first kappa shape index (κ1) is 17.8. The Hall–Kier alpha value is -1.56. The molecule has 0 fully saturated rings. The second kappa shape index (κ2) is 6.51. The zero-order valence-corrected chi connectivity index (χ0v) is 15.9. The van der Waals surface area contributed by atoms with Gasteiger partial charge in [0.1, 0.15) is 0 Å². The fourth-order valence-electron chi connectivity index (χ4n) is 3.07. The first-order chi connectivity index (χ1) is 10.6. The molecule has 0 radical (unpaired) electrons. The van der Waals surface area contributed by atoms with Gasteiger partial charge in [0.2, 0.25) is 0 Å². The summed E-state index contributed by atoms with van der Waals surface area (Å²) in [6.45, 7) is 16.1. The van der Waals surface area contributed by atoms with Gasteiger partial charge in [-0.1, -0.05) is 97.0 Å². The lowest BCUT2D eigenvalue weighted by Crippen LogP contribution is -2.18. The highest BCUT2D eigenvalue weighted by Gasteiger charge is 2.23. The summed E-state index contributed by atoms with van der Waals surface area (Å²) in [4.78, 5) is 0. The molecule has 2 aromatic rings. The van der Waals surface area contributed by atoms with Crippen LogP contribution in [0.25, 0.3) is 0 Å². The van der Waals surface area contributed by atoms with Gasteiger partial charge in [0, 0.05) is 5.92 Å². The minimum absolute atomic E-state index is 0.172. The van der Waals surface area contributed by atoms with Gasteiger partial charge in [0.05, 0.1) is 0 Å². The van der Waals surface area contributed by atoms with Crippen molar-refractivity contribution >= 4 is 0 Å². The molecule has 0 aliphatic heterocycles. The maximum Gasteiger partial charge on any atom is 0.00869 e. The molecule has 0 saturated heterocycles. The third-order valence-electron chi connectivity index (χ3n) is 4.70. The summed E-state index contributed by atoms with van der Waals surface area (Å²) in [6, 6.07) is 18.2. The van der Waals surface area contributed by atoms with Crippen molar-refractivity contribution in [2.75, 3.05) is 0 Å². The topological polar surface area (TPSA) is 0 Å². The van der Waals surface area contributed by atoms with Gasteiger partial charge in [-0.3, -0.25) is 0 Å². The van der Waals surface area contributed by atoms with Gasteiger partial charge < -0.3 is 0 Å². The van der Waals surface area contributed by atoms with Gasteiger partial charge in [-0.25, -0.2) is 0 Å². The van der Waals surface area contributed by atoms with Gasteiger partial charge >= 0.3 is 0 Å². The van der Waals surface area contributed by atoms with E-state index in [1.807, 2.05) is 0 Å². The fraction of sp³-hybridized carbons (Fsp3) is 0.478. The molecule has 2 rings (SSSR count). The lowest BCUT2D eigenvalue weighted by Gasteiger charge is -2.28. The molecular weight excluding hydrogens is 276 g/mol. The molecule has 0 heterocycles. The van der Waals surface area contributed by atoms with Crippen LogP contribution in [0.4, 0.5) is 0 Å². The van der Waals surface area contributed by atoms with Gasteiger partial charge in [0.25, 0.3) is 0 Å². The van der Waals surface area contributed by atoms with E-state index in [0.717, 1.165) is 6.42 Å². The van der Waals surface area contributed by atoms with Crippen LogP contribution in [0, 0.1) is 0 Å². The summed E-state index contributed by atoms with van der Waals surface area (Å²) >= 11 is 0. The predicted molar refractivity (Wildman–Crippen MR) is 102 cm³/mol. The highest BCUT2D eigenvalue weighted by atomic mass is 14.3. The molecule has 1 atom stereocenters. The molecule has 0 heteroatoms.